The molecule has 1 saturated heterocycles. The minimum Gasteiger partial charge on any atom is -0.338 e. The van der Waals surface area contributed by atoms with E-state index < -0.39 is 0 Å². The van der Waals surface area contributed by atoms with Crippen molar-refractivity contribution in [3.05, 3.63) is 0 Å². The van der Waals surface area contributed by atoms with Crippen LogP contribution in [0.15, 0.2) is 0 Å². The number of rotatable bonds is 1. The van der Waals surface area contributed by atoms with Gasteiger partial charge >= 0.3 is 6.03 Å². The fourth-order valence-corrected chi connectivity index (χ4v) is 1.34. The molecule has 0 aromatic carbocycles. The fraction of sp³-hybridized carbons (Fsp3) is 0.800. The van der Waals surface area contributed by atoms with Crippen LogP contribution in [0, 0.1) is 0 Å². The molecule has 3 nitrogen and oxygen atoms in total. The van der Waals surface area contributed by atoms with Gasteiger partial charge in [0.15, 0.2) is 0 Å². The van der Waals surface area contributed by atoms with Crippen LogP contribution in [0.4, 0.5) is 4.79 Å². The molecule has 1 atom stereocenters. The average Bonchev–Trinajstić information content (AvgIpc) is 1.88. The molecule has 1 aliphatic heterocycles. The zero-order valence-corrected chi connectivity index (χ0v) is 6.12. The van der Waals surface area contributed by atoms with Gasteiger partial charge in [-0.2, -0.15) is 0 Å². The van der Waals surface area contributed by atoms with Gasteiger partial charge in [0.05, 0.1) is 5.37 Å². The van der Waals surface area contributed by atoms with Gasteiger partial charge in [-0.05, 0) is 12.7 Å². The number of hydrogen-bond acceptors (Lipinski definition) is 2. The molecule has 2 N–H and O–H groups in total. The Morgan fingerprint density at radius 3 is 3.00 bits per heavy atom. The highest BCUT2D eigenvalue weighted by Gasteiger charge is 2.14. The largest absolute Gasteiger partial charge is 0.338 e. The summed E-state index contributed by atoms with van der Waals surface area (Å²) in [7, 11) is 0. The van der Waals surface area contributed by atoms with Crippen LogP contribution >= 0.6 is 11.8 Å². The molecule has 0 spiro atoms. The van der Waals surface area contributed by atoms with Crippen molar-refractivity contribution in [1.29, 1.82) is 0 Å². The van der Waals surface area contributed by atoms with Crippen LogP contribution in [0.3, 0.4) is 0 Å². The summed E-state index contributed by atoms with van der Waals surface area (Å²) in [6.45, 7) is 0.803. The summed E-state index contributed by atoms with van der Waals surface area (Å²) in [5, 5.41) is 5.78. The van der Waals surface area contributed by atoms with Crippen molar-refractivity contribution in [2.75, 3.05) is 12.8 Å². The normalized spacial score (nSPS) is 26.8. The van der Waals surface area contributed by atoms with Gasteiger partial charge in [-0.25, -0.2) is 4.79 Å². The lowest BCUT2D eigenvalue weighted by atomic mass is 10.4. The first-order valence-electron chi connectivity index (χ1n) is 2.90. The Morgan fingerprint density at radius 2 is 2.56 bits per heavy atom. The van der Waals surface area contributed by atoms with Crippen molar-refractivity contribution in [3.8, 4) is 0 Å². The third kappa shape index (κ3) is 1.78. The van der Waals surface area contributed by atoms with E-state index >= 15 is 0 Å². The quantitative estimate of drug-likeness (QED) is 0.561. The van der Waals surface area contributed by atoms with Gasteiger partial charge in [0.25, 0.3) is 0 Å². The third-order valence-corrected chi connectivity index (χ3v) is 2.19. The molecule has 1 rings (SSSR count). The maximum absolute atomic E-state index is 10.6. The van der Waals surface area contributed by atoms with E-state index in [9.17, 15) is 4.79 Å². The second kappa shape index (κ2) is 2.96. The van der Waals surface area contributed by atoms with Crippen LogP contribution in [-0.4, -0.2) is 24.2 Å². The highest BCUT2D eigenvalue weighted by atomic mass is 32.2. The molecule has 0 saturated carbocycles. The van der Waals surface area contributed by atoms with E-state index in [1.54, 1.807) is 11.8 Å². The molecule has 0 radical (unpaired) electrons. The number of carbonyl (C=O) groups is 1. The average molecular weight is 146 g/mol. The standard InChI is InChI=1S/C5H10N2OS/c1-9-4-2-3-6-5(8)7-4/h4H,2-3H2,1H3,(H2,6,7,8). The first-order valence-corrected chi connectivity index (χ1v) is 4.19. The van der Waals surface area contributed by atoms with Gasteiger partial charge in [0, 0.05) is 6.54 Å². The maximum Gasteiger partial charge on any atom is 0.315 e. The molecule has 0 aromatic rings. The Labute approximate surface area is 58.6 Å². The number of urea groups is 1. The molecule has 0 aliphatic carbocycles. The molecule has 0 aromatic heterocycles. The summed E-state index contributed by atoms with van der Waals surface area (Å²) < 4.78 is 0. The molecular weight excluding hydrogens is 136 g/mol. The molecule has 0 bridgehead atoms. The third-order valence-electron chi connectivity index (χ3n) is 1.27. The minimum atomic E-state index is -0.0411. The van der Waals surface area contributed by atoms with Crippen molar-refractivity contribution in [2.45, 2.75) is 11.8 Å². The van der Waals surface area contributed by atoms with Crippen LogP contribution in [0.5, 0.6) is 0 Å². The molecule has 9 heavy (non-hydrogen) atoms. The molecule has 1 heterocycles. The first-order chi connectivity index (χ1) is 4.33. The summed E-state index contributed by atoms with van der Waals surface area (Å²) in [5.41, 5.74) is 0. The minimum absolute atomic E-state index is 0.0411. The van der Waals surface area contributed by atoms with Crippen LogP contribution < -0.4 is 10.6 Å². The van der Waals surface area contributed by atoms with Crippen molar-refractivity contribution < 1.29 is 4.79 Å². The van der Waals surface area contributed by atoms with Crippen LogP contribution in [0.1, 0.15) is 6.42 Å². The highest BCUT2D eigenvalue weighted by molar-refractivity contribution is 7.99. The molecule has 4 heteroatoms. The lowest BCUT2D eigenvalue weighted by Gasteiger charge is -2.21. The van der Waals surface area contributed by atoms with E-state index in [1.807, 2.05) is 6.26 Å². The monoisotopic (exact) mass is 146 g/mol. The second-order valence-corrected chi connectivity index (χ2v) is 2.95. The van der Waals surface area contributed by atoms with Crippen LogP contribution in [0.25, 0.3) is 0 Å². The van der Waals surface area contributed by atoms with E-state index in [1.165, 1.54) is 0 Å². The Morgan fingerprint density at radius 1 is 1.78 bits per heavy atom. The van der Waals surface area contributed by atoms with Crippen molar-refractivity contribution in [3.63, 3.8) is 0 Å². The van der Waals surface area contributed by atoms with Crippen molar-refractivity contribution in [1.82, 2.24) is 10.6 Å². The highest BCUT2D eigenvalue weighted by Crippen LogP contribution is 2.08. The van der Waals surface area contributed by atoms with Crippen LogP contribution in [0.2, 0.25) is 0 Å². The maximum atomic E-state index is 10.6. The SMILES string of the molecule is CSC1CCNC(=O)N1. The van der Waals surface area contributed by atoms with Crippen LogP contribution in [-0.2, 0) is 0 Å². The predicted octanol–water partition coefficient (Wildman–Crippen LogP) is 0.378. The van der Waals surface area contributed by atoms with E-state index in [4.69, 9.17) is 0 Å². The van der Waals surface area contributed by atoms with Crippen molar-refractivity contribution in [2.24, 2.45) is 0 Å². The smallest absolute Gasteiger partial charge is 0.315 e. The summed E-state index contributed by atoms with van der Waals surface area (Å²) in [6, 6.07) is -0.0411. The Kier molecular flexibility index (Phi) is 2.22. The predicted molar refractivity (Wildman–Crippen MR) is 38.5 cm³/mol. The summed E-state index contributed by atoms with van der Waals surface area (Å²) in [5.74, 6) is 0. The number of hydrogen-bond donors (Lipinski definition) is 2. The van der Waals surface area contributed by atoms with E-state index in [0.717, 1.165) is 13.0 Å². The zero-order valence-electron chi connectivity index (χ0n) is 5.31. The lowest BCUT2D eigenvalue weighted by Crippen LogP contribution is -2.47. The van der Waals surface area contributed by atoms with Gasteiger partial charge in [-0.1, -0.05) is 0 Å². The molecule has 2 amide bonds. The van der Waals surface area contributed by atoms with E-state index in [2.05, 4.69) is 10.6 Å². The molecular formula is C5H10N2OS. The van der Waals surface area contributed by atoms with Gasteiger partial charge in [-0.3, -0.25) is 0 Å². The number of thioether (sulfide) groups is 1. The van der Waals surface area contributed by atoms with Gasteiger partial charge < -0.3 is 10.6 Å². The first kappa shape index (κ1) is 6.74. The molecule has 1 aliphatic rings. The van der Waals surface area contributed by atoms with E-state index in [0.29, 0.717) is 5.37 Å². The second-order valence-electron chi connectivity index (χ2n) is 1.91. The van der Waals surface area contributed by atoms with Gasteiger partial charge in [-0.15, -0.1) is 11.8 Å². The van der Waals surface area contributed by atoms with Gasteiger partial charge in [0.1, 0.15) is 0 Å². The summed E-state index contributed by atoms with van der Waals surface area (Å²) in [6.07, 6.45) is 3.02. The zero-order chi connectivity index (χ0) is 6.69. The summed E-state index contributed by atoms with van der Waals surface area (Å²) in [4.78, 5) is 10.6. The van der Waals surface area contributed by atoms with Gasteiger partial charge in [0.2, 0.25) is 0 Å². The number of amides is 2. The Hall–Kier alpha value is -0.380. The van der Waals surface area contributed by atoms with E-state index in [-0.39, 0.29) is 6.03 Å². The number of carbonyl (C=O) groups excluding carboxylic acids is 1. The molecule has 1 unspecified atom stereocenters. The Bertz CT molecular complexity index is 118. The Balaban J connectivity index is 2.32. The topological polar surface area (TPSA) is 41.1 Å². The molecule has 1 fully saturated rings. The fourth-order valence-electron chi connectivity index (χ4n) is 0.763. The summed E-state index contributed by atoms with van der Waals surface area (Å²) >= 11 is 1.68. The van der Waals surface area contributed by atoms with Crippen molar-refractivity contribution >= 4 is 17.8 Å². The molecule has 52 valence electrons. The lowest BCUT2D eigenvalue weighted by molar-refractivity contribution is 0.235. The number of nitrogens with one attached hydrogen (secondary N) is 2.